The number of nitrogens with zero attached hydrogens (tertiary/aromatic N) is 4. The van der Waals surface area contributed by atoms with E-state index in [1.165, 1.54) is 6.20 Å². The predicted octanol–water partition coefficient (Wildman–Crippen LogP) is 0.721. The van der Waals surface area contributed by atoms with Crippen molar-refractivity contribution in [1.82, 2.24) is 14.5 Å². The first kappa shape index (κ1) is 8.26. The average molecular weight is 185 g/mol. The molecule has 2 rings (SSSR count). The Bertz CT molecular complexity index is 477. The summed E-state index contributed by atoms with van der Waals surface area (Å²) in [6, 6.07) is 5.43. The first-order valence-electron chi connectivity index (χ1n) is 3.96. The molecular weight excluding hydrogens is 178 g/mol. The molecule has 2 aromatic rings. The number of anilines is 1. The van der Waals surface area contributed by atoms with Crippen LogP contribution in [-0.4, -0.2) is 14.5 Å². The molecule has 0 aliphatic carbocycles. The highest BCUT2D eigenvalue weighted by molar-refractivity contribution is 5.39. The Balaban J connectivity index is 2.50. The fraction of sp³-hybridized carbons (Fsp3) is 0. The van der Waals surface area contributed by atoms with E-state index < -0.39 is 0 Å². The van der Waals surface area contributed by atoms with Crippen LogP contribution in [0.1, 0.15) is 5.82 Å². The molecule has 5 heteroatoms. The molecule has 0 saturated carbocycles. The molecular formula is C9H7N5. The summed E-state index contributed by atoms with van der Waals surface area (Å²) in [6.45, 7) is 0. The smallest absolute Gasteiger partial charge is 0.218 e. The lowest BCUT2D eigenvalue weighted by atomic mass is 10.4. The fourth-order valence-corrected chi connectivity index (χ4v) is 1.11. The van der Waals surface area contributed by atoms with Crippen molar-refractivity contribution in [2.24, 2.45) is 0 Å². The molecule has 0 amide bonds. The Kier molecular flexibility index (Phi) is 1.88. The maximum atomic E-state index is 8.74. The van der Waals surface area contributed by atoms with Gasteiger partial charge in [-0.2, -0.15) is 5.26 Å². The van der Waals surface area contributed by atoms with Gasteiger partial charge in [0.1, 0.15) is 11.9 Å². The Labute approximate surface area is 80.4 Å². The molecule has 0 fully saturated rings. The van der Waals surface area contributed by atoms with Gasteiger partial charge in [0, 0.05) is 12.4 Å². The summed E-state index contributed by atoms with van der Waals surface area (Å²) in [4.78, 5) is 7.94. The third-order valence-corrected chi connectivity index (χ3v) is 1.76. The molecule has 0 radical (unpaired) electrons. The molecule has 14 heavy (non-hydrogen) atoms. The minimum absolute atomic E-state index is 0.308. The zero-order valence-electron chi connectivity index (χ0n) is 7.25. The van der Waals surface area contributed by atoms with E-state index >= 15 is 0 Å². The maximum absolute atomic E-state index is 8.74. The van der Waals surface area contributed by atoms with E-state index in [9.17, 15) is 0 Å². The molecule has 68 valence electrons. The number of rotatable bonds is 1. The van der Waals surface area contributed by atoms with Gasteiger partial charge in [-0.05, 0) is 12.1 Å². The van der Waals surface area contributed by atoms with Crippen LogP contribution in [0.2, 0.25) is 0 Å². The van der Waals surface area contributed by atoms with Crippen molar-refractivity contribution in [3.63, 3.8) is 0 Å². The van der Waals surface area contributed by atoms with E-state index in [1.54, 1.807) is 29.1 Å². The first-order valence-corrected chi connectivity index (χ1v) is 3.96. The second kappa shape index (κ2) is 3.18. The number of nitrogen functional groups attached to an aromatic ring is 1. The van der Waals surface area contributed by atoms with Crippen molar-refractivity contribution in [2.75, 3.05) is 5.73 Å². The second-order valence-corrected chi connectivity index (χ2v) is 2.68. The van der Waals surface area contributed by atoms with Crippen LogP contribution in [0, 0.1) is 11.3 Å². The monoisotopic (exact) mass is 185 g/mol. The number of imidazole rings is 1. The molecule has 0 spiro atoms. The number of hydrogen-bond donors (Lipinski definition) is 1. The van der Waals surface area contributed by atoms with Crippen LogP contribution in [0.4, 0.5) is 5.69 Å². The van der Waals surface area contributed by atoms with Gasteiger partial charge in [-0.1, -0.05) is 0 Å². The summed E-state index contributed by atoms with van der Waals surface area (Å²) in [5.74, 6) is 0.940. The van der Waals surface area contributed by atoms with Gasteiger partial charge in [0.15, 0.2) is 0 Å². The minimum Gasteiger partial charge on any atom is -0.397 e. The molecule has 0 bridgehead atoms. The van der Waals surface area contributed by atoms with Gasteiger partial charge < -0.3 is 5.73 Å². The minimum atomic E-state index is 0.308. The van der Waals surface area contributed by atoms with Crippen molar-refractivity contribution in [2.45, 2.75) is 0 Å². The third-order valence-electron chi connectivity index (χ3n) is 1.76. The molecule has 0 aliphatic rings. The van der Waals surface area contributed by atoms with Gasteiger partial charge in [-0.3, -0.25) is 4.57 Å². The van der Waals surface area contributed by atoms with Gasteiger partial charge >= 0.3 is 0 Å². The molecule has 2 aromatic heterocycles. The van der Waals surface area contributed by atoms with E-state index in [-0.39, 0.29) is 0 Å². The Hall–Kier alpha value is -2.35. The molecule has 0 unspecified atom stereocenters. The summed E-state index contributed by atoms with van der Waals surface area (Å²) in [5.41, 5.74) is 6.09. The van der Waals surface area contributed by atoms with Gasteiger partial charge in [0.2, 0.25) is 5.82 Å². The summed E-state index contributed by atoms with van der Waals surface area (Å²) >= 11 is 0. The molecule has 0 saturated heterocycles. The Morgan fingerprint density at radius 1 is 1.36 bits per heavy atom. The van der Waals surface area contributed by atoms with Crippen molar-refractivity contribution >= 4 is 5.69 Å². The van der Waals surface area contributed by atoms with E-state index in [1.807, 2.05) is 6.07 Å². The topological polar surface area (TPSA) is 80.5 Å². The van der Waals surface area contributed by atoms with E-state index in [0.29, 0.717) is 17.3 Å². The van der Waals surface area contributed by atoms with Crippen LogP contribution in [0.25, 0.3) is 5.82 Å². The molecule has 2 N–H and O–H groups in total. The number of aromatic nitrogens is 3. The lowest BCUT2D eigenvalue weighted by Gasteiger charge is -2.01. The van der Waals surface area contributed by atoms with Crippen molar-refractivity contribution in [3.05, 3.63) is 36.5 Å². The molecule has 0 aromatic carbocycles. The van der Waals surface area contributed by atoms with Gasteiger partial charge in [0.25, 0.3) is 0 Å². The van der Waals surface area contributed by atoms with Gasteiger partial charge in [-0.15, -0.1) is 0 Å². The molecule has 0 aliphatic heterocycles. The molecule has 5 nitrogen and oxygen atoms in total. The van der Waals surface area contributed by atoms with Crippen LogP contribution in [0.3, 0.4) is 0 Å². The summed E-state index contributed by atoms with van der Waals surface area (Å²) in [5, 5.41) is 8.74. The Morgan fingerprint density at radius 3 is 2.86 bits per heavy atom. The van der Waals surface area contributed by atoms with Crippen LogP contribution < -0.4 is 5.73 Å². The lowest BCUT2D eigenvalue weighted by Crippen LogP contribution is -1.99. The molecule has 2 heterocycles. The summed E-state index contributed by atoms with van der Waals surface area (Å²) in [6.07, 6.45) is 4.77. The standard InChI is InChI=1S/C9H7N5/c10-5-9-12-3-4-14(9)8-2-1-7(11)6-13-8/h1-4,6H,11H2. The maximum Gasteiger partial charge on any atom is 0.218 e. The van der Waals surface area contributed by atoms with E-state index in [4.69, 9.17) is 11.0 Å². The highest BCUT2D eigenvalue weighted by Crippen LogP contribution is 2.08. The van der Waals surface area contributed by atoms with Crippen molar-refractivity contribution < 1.29 is 0 Å². The highest BCUT2D eigenvalue weighted by Gasteiger charge is 2.03. The zero-order valence-corrected chi connectivity index (χ0v) is 7.25. The quantitative estimate of drug-likeness (QED) is 0.709. The largest absolute Gasteiger partial charge is 0.397 e. The van der Waals surface area contributed by atoms with E-state index in [0.717, 1.165) is 0 Å². The van der Waals surface area contributed by atoms with E-state index in [2.05, 4.69) is 9.97 Å². The normalized spacial score (nSPS) is 9.64. The number of pyridine rings is 1. The number of nitriles is 1. The predicted molar refractivity (Wildman–Crippen MR) is 50.5 cm³/mol. The average Bonchev–Trinajstić information content (AvgIpc) is 2.67. The first-order chi connectivity index (χ1) is 6.81. The number of hydrogen-bond acceptors (Lipinski definition) is 4. The van der Waals surface area contributed by atoms with Crippen LogP contribution in [0.15, 0.2) is 30.7 Å². The Morgan fingerprint density at radius 2 is 2.21 bits per heavy atom. The SMILES string of the molecule is N#Cc1nccn1-c1ccc(N)cn1. The lowest BCUT2D eigenvalue weighted by molar-refractivity contribution is 0.968. The fourth-order valence-electron chi connectivity index (χ4n) is 1.11. The van der Waals surface area contributed by atoms with Crippen LogP contribution >= 0.6 is 0 Å². The van der Waals surface area contributed by atoms with Crippen molar-refractivity contribution in [1.29, 1.82) is 5.26 Å². The highest BCUT2D eigenvalue weighted by atomic mass is 15.1. The summed E-state index contributed by atoms with van der Waals surface area (Å²) in [7, 11) is 0. The van der Waals surface area contributed by atoms with Crippen LogP contribution in [-0.2, 0) is 0 Å². The van der Waals surface area contributed by atoms with Gasteiger partial charge in [-0.25, -0.2) is 9.97 Å². The van der Waals surface area contributed by atoms with Crippen molar-refractivity contribution in [3.8, 4) is 11.9 Å². The summed E-state index contributed by atoms with van der Waals surface area (Å²) < 4.78 is 1.60. The van der Waals surface area contributed by atoms with Crippen LogP contribution in [0.5, 0.6) is 0 Å². The third kappa shape index (κ3) is 1.29. The second-order valence-electron chi connectivity index (χ2n) is 2.68. The molecule has 0 atom stereocenters. The van der Waals surface area contributed by atoms with Gasteiger partial charge in [0.05, 0.1) is 11.9 Å². The zero-order chi connectivity index (χ0) is 9.97. The number of nitrogens with two attached hydrogens (primary N) is 1.